The maximum atomic E-state index is 11.6. The van der Waals surface area contributed by atoms with Crippen LogP contribution in [0.2, 0.25) is 0 Å². The van der Waals surface area contributed by atoms with Gasteiger partial charge in [0.05, 0.1) is 12.8 Å². The van der Waals surface area contributed by atoms with Crippen LogP contribution < -0.4 is 0 Å². The van der Waals surface area contributed by atoms with Gasteiger partial charge in [0.15, 0.2) is 4.96 Å². The fourth-order valence-electron chi connectivity index (χ4n) is 2.48. The van der Waals surface area contributed by atoms with Crippen LogP contribution in [0.5, 0.6) is 0 Å². The number of methoxy groups -OCH3 is 1. The Morgan fingerprint density at radius 2 is 2.56 bits per heavy atom. The molecular weight excluding hydrogens is 250 g/mol. The molecule has 2 aromatic rings. The molecule has 0 aromatic carbocycles. The third-order valence-electron chi connectivity index (χ3n) is 3.35. The van der Waals surface area contributed by atoms with Gasteiger partial charge in [0.25, 0.3) is 0 Å². The molecule has 0 amide bonds. The van der Waals surface area contributed by atoms with E-state index in [1.807, 2.05) is 22.2 Å². The van der Waals surface area contributed by atoms with Gasteiger partial charge in [0.2, 0.25) is 0 Å². The molecule has 6 heteroatoms. The molecule has 0 saturated carbocycles. The molecule has 1 atom stereocenters. The summed E-state index contributed by atoms with van der Waals surface area (Å²) in [5, 5.41) is 2.01. The number of aromatic nitrogens is 2. The van der Waals surface area contributed by atoms with Crippen molar-refractivity contribution < 1.29 is 9.53 Å². The number of carbonyl (C=O) groups excluding carboxylic acids is 1. The molecule has 18 heavy (non-hydrogen) atoms. The first kappa shape index (κ1) is 11.7. The minimum Gasteiger partial charge on any atom is -0.468 e. The van der Waals surface area contributed by atoms with Crippen LogP contribution in [0, 0.1) is 0 Å². The number of thiazole rings is 1. The van der Waals surface area contributed by atoms with E-state index < -0.39 is 0 Å². The van der Waals surface area contributed by atoms with Crippen molar-refractivity contribution in [2.24, 2.45) is 0 Å². The normalized spacial score (nSPS) is 20.6. The Bertz CT molecular complexity index is 534. The van der Waals surface area contributed by atoms with Crippen molar-refractivity contribution in [3.63, 3.8) is 0 Å². The standard InChI is InChI=1S/C12H15N3O2S/c1-17-11(16)10-3-2-4-14(10)7-9-8-15-5-6-18-12(15)13-9/h5-6,8,10H,2-4,7H2,1H3/t10-/m1/s1. The lowest BCUT2D eigenvalue weighted by molar-refractivity contribution is -0.146. The molecule has 96 valence electrons. The van der Waals surface area contributed by atoms with Crippen molar-refractivity contribution in [3.05, 3.63) is 23.5 Å². The molecule has 2 aromatic heterocycles. The second kappa shape index (κ2) is 4.70. The second-order valence-corrected chi connectivity index (χ2v) is 5.35. The van der Waals surface area contributed by atoms with Gasteiger partial charge in [-0.2, -0.15) is 0 Å². The zero-order valence-electron chi connectivity index (χ0n) is 10.2. The van der Waals surface area contributed by atoms with E-state index in [0.717, 1.165) is 30.0 Å². The van der Waals surface area contributed by atoms with Crippen LogP contribution in [0.1, 0.15) is 18.5 Å². The third-order valence-corrected chi connectivity index (χ3v) is 4.12. The van der Waals surface area contributed by atoms with Crippen LogP contribution in [0.4, 0.5) is 0 Å². The predicted molar refractivity (Wildman–Crippen MR) is 68.5 cm³/mol. The molecule has 3 heterocycles. The first-order valence-electron chi connectivity index (χ1n) is 6.01. The van der Waals surface area contributed by atoms with Crippen molar-refractivity contribution in [3.8, 4) is 0 Å². The molecule has 0 spiro atoms. The number of esters is 1. The van der Waals surface area contributed by atoms with Gasteiger partial charge in [-0.25, -0.2) is 4.98 Å². The number of imidazole rings is 1. The SMILES string of the molecule is COC(=O)[C@H]1CCCN1Cc1cn2ccsc2n1. The van der Waals surface area contributed by atoms with Gasteiger partial charge in [0.1, 0.15) is 6.04 Å². The number of nitrogens with zero attached hydrogens (tertiary/aromatic N) is 3. The molecule has 5 nitrogen and oxygen atoms in total. The average molecular weight is 265 g/mol. The molecular formula is C12H15N3O2S. The molecule has 0 bridgehead atoms. The summed E-state index contributed by atoms with van der Waals surface area (Å²) in [7, 11) is 1.45. The number of ether oxygens (including phenoxy) is 1. The minimum absolute atomic E-state index is 0.102. The quantitative estimate of drug-likeness (QED) is 0.790. The van der Waals surface area contributed by atoms with Gasteiger partial charge in [0, 0.05) is 24.3 Å². The zero-order valence-corrected chi connectivity index (χ0v) is 11.0. The van der Waals surface area contributed by atoms with E-state index in [4.69, 9.17) is 4.74 Å². The van der Waals surface area contributed by atoms with Crippen molar-refractivity contribution in [1.82, 2.24) is 14.3 Å². The van der Waals surface area contributed by atoms with Gasteiger partial charge in [-0.05, 0) is 19.4 Å². The summed E-state index contributed by atoms with van der Waals surface area (Å²) in [6, 6.07) is -0.102. The monoisotopic (exact) mass is 265 g/mol. The number of carbonyl (C=O) groups is 1. The number of hydrogen-bond acceptors (Lipinski definition) is 5. The Kier molecular flexibility index (Phi) is 3.05. The molecule has 0 unspecified atom stereocenters. The van der Waals surface area contributed by atoms with Crippen molar-refractivity contribution in [2.45, 2.75) is 25.4 Å². The van der Waals surface area contributed by atoms with E-state index in [0.29, 0.717) is 6.54 Å². The highest BCUT2D eigenvalue weighted by atomic mass is 32.1. The van der Waals surface area contributed by atoms with E-state index in [2.05, 4.69) is 9.88 Å². The molecule has 0 aliphatic carbocycles. The molecule has 1 fully saturated rings. The highest BCUT2D eigenvalue weighted by Crippen LogP contribution is 2.21. The Hall–Kier alpha value is -1.40. The highest BCUT2D eigenvalue weighted by molar-refractivity contribution is 7.15. The first-order valence-corrected chi connectivity index (χ1v) is 6.89. The lowest BCUT2D eigenvalue weighted by atomic mass is 10.2. The highest BCUT2D eigenvalue weighted by Gasteiger charge is 2.31. The molecule has 1 saturated heterocycles. The molecule has 1 aliphatic rings. The van der Waals surface area contributed by atoms with E-state index in [-0.39, 0.29) is 12.0 Å². The van der Waals surface area contributed by atoms with Gasteiger partial charge in [-0.3, -0.25) is 14.1 Å². The van der Waals surface area contributed by atoms with E-state index in [9.17, 15) is 4.79 Å². The van der Waals surface area contributed by atoms with E-state index >= 15 is 0 Å². The topological polar surface area (TPSA) is 46.8 Å². The third kappa shape index (κ3) is 2.02. The van der Waals surface area contributed by atoms with Crippen LogP contribution in [0.3, 0.4) is 0 Å². The summed E-state index contributed by atoms with van der Waals surface area (Å²) in [6.45, 7) is 1.65. The number of hydrogen-bond donors (Lipinski definition) is 0. The number of likely N-dealkylation sites (tertiary alicyclic amines) is 1. The summed E-state index contributed by atoms with van der Waals surface area (Å²) in [4.78, 5) is 19.3. The minimum atomic E-state index is -0.131. The van der Waals surface area contributed by atoms with Crippen molar-refractivity contribution in [2.75, 3.05) is 13.7 Å². The van der Waals surface area contributed by atoms with Gasteiger partial charge >= 0.3 is 5.97 Å². The number of fused-ring (bicyclic) bond motifs is 1. The summed E-state index contributed by atoms with van der Waals surface area (Å²) < 4.78 is 6.86. The Labute approximate surface area is 109 Å². The largest absolute Gasteiger partial charge is 0.468 e. The van der Waals surface area contributed by atoms with Crippen LogP contribution in [0.25, 0.3) is 4.96 Å². The maximum absolute atomic E-state index is 11.6. The van der Waals surface area contributed by atoms with Crippen LogP contribution in [-0.4, -0.2) is 40.0 Å². The summed E-state index contributed by atoms with van der Waals surface area (Å²) in [6.07, 6.45) is 5.95. The fraction of sp³-hybridized carbons (Fsp3) is 0.500. The summed E-state index contributed by atoms with van der Waals surface area (Å²) >= 11 is 1.62. The predicted octanol–water partition coefficient (Wildman–Crippen LogP) is 1.53. The van der Waals surface area contributed by atoms with Crippen molar-refractivity contribution >= 4 is 22.3 Å². The molecule has 0 N–H and O–H groups in total. The lowest BCUT2D eigenvalue weighted by Crippen LogP contribution is -2.36. The summed E-state index contributed by atoms with van der Waals surface area (Å²) in [5.41, 5.74) is 1.01. The fourth-order valence-corrected chi connectivity index (χ4v) is 3.20. The summed E-state index contributed by atoms with van der Waals surface area (Å²) in [5.74, 6) is -0.131. The van der Waals surface area contributed by atoms with Crippen LogP contribution in [0.15, 0.2) is 17.8 Å². The smallest absolute Gasteiger partial charge is 0.323 e. The van der Waals surface area contributed by atoms with Crippen molar-refractivity contribution in [1.29, 1.82) is 0 Å². The zero-order chi connectivity index (χ0) is 12.5. The molecule has 3 rings (SSSR count). The maximum Gasteiger partial charge on any atom is 0.323 e. The Morgan fingerprint density at radius 1 is 1.67 bits per heavy atom. The first-order chi connectivity index (χ1) is 8.78. The van der Waals surface area contributed by atoms with Crippen LogP contribution in [-0.2, 0) is 16.1 Å². The van der Waals surface area contributed by atoms with Gasteiger partial charge in [-0.1, -0.05) is 0 Å². The van der Waals surface area contributed by atoms with Crippen LogP contribution >= 0.6 is 11.3 Å². The van der Waals surface area contributed by atoms with E-state index in [1.165, 1.54) is 7.11 Å². The average Bonchev–Trinajstić information content (AvgIpc) is 3.03. The lowest BCUT2D eigenvalue weighted by Gasteiger charge is -2.20. The second-order valence-electron chi connectivity index (χ2n) is 4.48. The molecule has 0 radical (unpaired) electrons. The molecule has 1 aliphatic heterocycles. The Balaban J connectivity index is 1.75. The number of rotatable bonds is 3. The van der Waals surface area contributed by atoms with E-state index in [1.54, 1.807) is 11.3 Å². The van der Waals surface area contributed by atoms with Gasteiger partial charge in [-0.15, -0.1) is 11.3 Å². The van der Waals surface area contributed by atoms with Gasteiger partial charge < -0.3 is 4.74 Å². The Morgan fingerprint density at radius 3 is 3.33 bits per heavy atom.